The second kappa shape index (κ2) is 5.59. The van der Waals surface area contributed by atoms with E-state index < -0.39 is 0 Å². The summed E-state index contributed by atoms with van der Waals surface area (Å²) in [5.74, 6) is 1.35. The van der Waals surface area contributed by atoms with Crippen molar-refractivity contribution in [3.8, 4) is 0 Å². The van der Waals surface area contributed by atoms with E-state index in [9.17, 15) is 4.79 Å². The van der Waals surface area contributed by atoms with Gasteiger partial charge in [-0.2, -0.15) is 0 Å². The molecule has 1 aliphatic heterocycles. The van der Waals surface area contributed by atoms with E-state index in [0.717, 1.165) is 44.5 Å². The molecule has 1 aromatic carbocycles. The largest absolute Gasteiger partial charge is 0.351 e. The van der Waals surface area contributed by atoms with E-state index in [2.05, 4.69) is 33.1 Å². The van der Waals surface area contributed by atoms with Crippen LogP contribution in [0.25, 0.3) is 0 Å². The molecule has 22 heavy (non-hydrogen) atoms. The second-order valence-corrected chi connectivity index (χ2v) is 6.38. The summed E-state index contributed by atoms with van der Waals surface area (Å²) in [6, 6.07) is 8.62. The first-order chi connectivity index (χ1) is 10.8. The fraction of sp³-hybridized carbons (Fsp3) is 0.444. The lowest BCUT2D eigenvalue weighted by molar-refractivity contribution is -0.123. The summed E-state index contributed by atoms with van der Waals surface area (Å²) in [5.41, 5.74) is 2.57. The lowest BCUT2D eigenvalue weighted by atomic mass is 9.82. The molecule has 0 radical (unpaired) electrons. The van der Waals surface area contributed by atoms with Crippen LogP contribution in [0.2, 0.25) is 0 Å². The predicted molar refractivity (Wildman–Crippen MR) is 84.6 cm³/mol. The molecule has 114 valence electrons. The third-order valence-electron chi connectivity index (χ3n) is 4.97. The molecule has 4 heteroatoms. The zero-order valence-electron chi connectivity index (χ0n) is 12.7. The summed E-state index contributed by atoms with van der Waals surface area (Å²) in [6.45, 7) is 0.843. The van der Waals surface area contributed by atoms with Gasteiger partial charge in [0.1, 0.15) is 5.82 Å². The van der Waals surface area contributed by atoms with E-state index in [-0.39, 0.29) is 17.9 Å². The van der Waals surface area contributed by atoms with Gasteiger partial charge in [-0.1, -0.05) is 24.3 Å². The van der Waals surface area contributed by atoms with Crippen LogP contribution in [0.4, 0.5) is 0 Å². The Morgan fingerprint density at radius 3 is 3.09 bits per heavy atom. The molecule has 2 heterocycles. The Labute approximate surface area is 130 Å². The number of aryl methyl sites for hydroxylation is 2. The topological polar surface area (TPSA) is 46.9 Å². The van der Waals surface area contributed by atoms with Crippen molar-refractivity contribution in [3.63, 3.8) is 0 Å². The Morgan fingerprint density at radius 2 is 2.14 bits per heavy atom. The number of nitrogens with zero attached hydrogens (tertiary/aromatic N) is 2. The Balaban J connectivity index is 1.47. The minimum absolute atomic E-state index is 0.0223. The van der Waals surface area contributed by atoms with Crippen molar-refractivity contribution >= 4 is 5.91 Å². The highest BCUT2D eigenvalue weighted by Crippen LogP contribution is 2.31. The van der Waals surface area contributed by atoms with Gasteiger partial charge in [0.05, 0.1) is 5.92 Å². The predicted octanol–water partition coefficient (Wildman–Crippen LogP) is 2.43. The van der Waals surface area contributed by atoms with Gasteiger partial charge < -0.3 is 9.88 Å². The number of rotatable bonds is 2. The summed E-state index contributed by atoms with van der Waals surface area (Å²) in [6.07, 6.45) is 8.94. The van der Waals surface area contributed by atoms with Gasteiger partial charge in [-0.15, -0.1) is 0 Å². The zero-order chi connectivity index (χ0) is 14.9. The average Bonchev–Trinajstić information content (AvgIpc) is 3.02. The van der Waals surface area contributed by atoms with Gasteiger partial charge in [0.25, 0.3) is 0 Å². The molecule has 2 atom stereocenters. The van der Waals surface area contributed by atoms with Crippen molar-refractivity contribution in [1.82, 2.24) is 14.9 Å². The van der Waals surface area contributed by atoms with Crippen LogP contribution in [0.1, 0.15) is 42.1 Å². The molecule has 1 N–H and O–H groups in total. The van der Waals surface area contributed by atoms with E-state index in [0.29, 0.717) is 0 Å². The molecule has 0 fully saturated rings. The number of carbonyl (C=O) groups is 1. The minimum Gasteiger partial charge on any atom is -0.351 e. The standard InChI is InChI=1S/C18H21N3O/c22-18(16-7-3-5-13-4-1-2-6-15(13)16)20-14-8-9-17-19-10-11-21(17)12-14/h1-2,4,6,10-11,14,16H,3,5,7-9,12H2,(H,20,22)/t14-,16-/m1/s1. The van der Waals surface area contributed by atoms with Crippen molar-refractivity contribution < 1.29 is 4.79 Å². The highest BCUT2D eigenvalue weighted by molar-refractivity contribution is 5.84. The normalized spacial score (nSPS) is 23.5. The first-order valence-corrected chi connectivity index (χ1v) is 8.19. The lowest BCUT2D eigenvalue weighted by Crippen LogP contribution is -2.43. The van der Waals surface area contributed by atoms with Crippen LogP contribution < -0.4 is 5.32 Å². The molecule has 1 aliphatic carbocycles. The third kappa shape index (κ3) is 2.43. The molecule has 0 saturated heterocycles. The first-order valence-electron chi connectivity index (χ1n) is 8.19. The molecule has 0 saturated carbocycles. The molecule has 1 amide bonds. The number of hydrogen-bond donors (Lipinski definition) is 1. The van der Waals surface area contributed by atoms with Crippen molar-refractivity contribution in [1.29, 1.82) is 0 Å². The van der Waals surface area contributed by atoms with Crippen molar-refractivity contribution in [2.24, 2.45) is 0 Å². The van der Waals surface area contributed by atoms with Crippen molar-refractivity contribution in [3.05, 3.63) is 53.6 Å². The van der Waals surface area contributed by atoms with E-state index in [1.54, 1.807) is 0 Å². The molecule has 4 nitrogen and oxygen atoms in total. The summed E-state index contributed by atoms with van der Waals surface area (Å²) in [7, 11) is 0. The smallest absolute Gasteiger partial charge is 0.227 e. The number of benzene rings is 1. The van der Waals surface area contributed by atoms with Crippen molar-refractivity contribution in [2.75, 3.05) is 0 Å². The van der Waals surface area contributed by atoms with Gasteiger partial charge in [-0.05, 0) is 36.8 Å². The van der Waals surface area contributed by atoms with Crippen LogP contribution in [0.3, 0.4) is 0 Å². The quantitative estimate of drug-likeness (QED) is 0.925. The van der Waals surface area contributed by atoms with Gasteiger partial charge >= 0.3 is 0 Å². The van der Waals surface area contributed by atoms with Gasteiger partial charge in [0.15, 0.2) is 0 Å². The van der Waals surface area contributed by atoms with E-state index in [4.69, 9.17) is 0 Å². The van der Waals surface area contributed by atoms with Crippen LogP contribution in [0.15, 0.2) is 36.7 Å². The van der Waals surface area contributed by atoms with Gasteiger partial charge in [0.2, 0.25) is 5.91 Å². The molecular weight excluding hydrogens is 274 g/mol. The number of aromatic nitrogens is 2. The number of carbonyl (C=O) groups excluding carboxylic acids is 1. The number of hydrogen-bond acceptors (Lipinski definition) is 2. The SMILES string of the molecule is O=C(N[C@@H]1CCc2nccn2C1)[C@@H]1CCCc2ccccc21. The Morgan fingerprint density at radius 1 is 1.23 bits per heavy atom. The molecule has 2 aromatic rings. The van der Waals surface area contributed by atoms with Crippen LogP contribution in [0, 0.1) is 0 Å². The number of nitrogens with one attached hydrogen (secondary N) is 1. The Kier molecular flexibility index (Phi) is 3.45. The molecule has 1 aromatic heterocycles. The average molecular weight is 295 g/mol. The van der Waals surface area contributed by atoms with E-state index in [1.807, 2.05) is 18.5 Å². The molecule has 0 bridgehead atoms. The second-order valence-electron chi connectivity index (χ2n) is 6.38. The lowest BCUT2D eigenvalue weighted by Gasteiger charge is -2.29. The van der Waals surface area contributed by atoms with E-state index >= 15 is 0 Å². The maximum atomic E-state index is 12.7. The van der Waals surface area contributed by atoms with E-state index in [1.165, 1.54) is 11.1 Å². The molecular formula is C18H21N3O. The molecule has 4 rings (SSSR count). The van der Waals surface area contributed by atoms with Crippen LogP contribution in [-0.4, -0.2) is 21.5 Å². The van der Waals surface area contributed by atoms with Crippen molar-refractivity contribution in [2.45, 2.75) is 50.6 Å². The molecule has 0 unspecified atom stereocenters. The third-order valence-corrected chi connectivity index (χ3v) is 4.97. The number of imidazole rings is 1. The maximum Gasteiger partial charge on any atom is 0.227 e. The fourth-order valence-corrected chi connectivity index (χ4v) is 3.81. The van der Waals surface area contributed by atoms with Crippen LogP contribution in [-0.2, 0) is 24.2 Å². The summed E-state index contributed by atoms with van der Waals surface area (Å²) >= 11 is 0. The molecule has 2 aliphatic rings. The monoisotopic (exact) mass is 295 g/mol. The zero-order valence-corrected chi connectivity index (χ0v) is 12.7. The minimum atomic E-state index is 0.0223. The van der Waals surface area contributed by atoms with Gasteiger partial charge in [-0.3, -0.25) is 4.79 Å². The van der Waals surface area contributed by atoms with Crippen LogP contribution in [0.5, 0.6) is 0 Å². The number of amides is 1. The summed E-state index contributed by atoms with van der Waals surface area (Å²) < 4.78 is 2.16. The number of fused-ring (bicyclic) bond motifs is 2. The van der Waals surface area contributed by atoms with Gasteiger partial charge in [0, 0.05) is 31.4 Å². The van der Waals surface area contributed by atoms with Crippen LogP contribution >= 0.6 is 0 Å². The Hall–Kier alpha value is -2.10. The first kappa shape index (κ1) is 13.6. The summed E-state index contributed by atoms with van der Waals surface area (Å²) in [5, 5.41) is 3.27. The Bertz CT molecular complexity index is 691. The molecule has 0 spiro atoms. The summed E-state index contributed by atoms with van der Waals surface area (Å²) in [4.78, 5) is 17.1. The van der Waals surface area contributed by atoms with Gasteiger partial charge in [-0.25, -0.2) is 4.98 Å². The fourth-order valence-electron chi connectivity index (χ4n) is 3.81. The highest BCUT2D eigenvalue weighted by atomic mass is 16.1. The maximum absolute atomic E-state index is 12.7. The highest BCUT2D eigenvalue weighted by Gasteiger charge is 2.28.